The van der Waals surface area contributed by atoms with Gasteiger partial charge in [-0.05, 0) is 70.6 Å². The monoisotopic (exact) mass is 304 g/mol. The summed E-state index contributed by atoms with van der Waals surface area (Å²) in [5, 5.41) is 0. The van der Waals surface area contributed by atoms with Crippen molar-refractivity contribution in [3.05, 3.63) is 39.3 Å². The quantitative estimate of drug-likeness (QED) is 0.555. The number of hydrogen-bond donors (Lipinski definition) is 0. The molecule has 0 aliphatic rings. The van der Waals surface area contributed by atoms with Crippen LogP contribution in [0, 0.1) is 0 Å². The van der Waals surface area contributed by atoms with Gasteiger partial charge in [-0.15, -0.1) is 11.8 Å². The molecular weight excluding hydrogens is 272 g/mol. The van der Waals surface area contributed by atoms with Crippen LogP contribution in [0.5, 0.6) is 0 Å². The molecule has 0 nitrogen and oxygen atoms in total. The smallest absolute Gasteiger partial charge is 0.0140 e. The molecule has 0 N–H and O–H groups in total. The van der Waals surface area contributed by atoms with E-state index in [1.54, 1.807) is 0 Å². The number of allylic oxidation sites excluding steroid dienone is 2. The molecule has 0 saturated carbocycles. The summed E-state index contributed by atoms with van der Waals surface area (Å²) in [6.45, 7) is 18.4. The first-order valence-corrected chi connectivity index (χ1v) is 9.32. The maximum absolute atomic E-state index is 2.44. The summed E-state index contributed by atoms with van der Waals surface area (Å²) in [5.41, 5.74) is 7.44. The minimum atomic E-state index is 0.556. The van der Waals surface area contributed by atoms with E-state index in [-0.39, 0.29) is 0 Å². The predicted octanol–water partition coefficient (Wildman–Crippen LogP) is 7.17. The third-order valence-corrected chi connectivity index (χ3v) is 5.26. The van der Waals surface area contributed by atoms with Gasteiger partial charge < -0.3 is 0 Å². The van der Waals surface area contributed by atoms with Crippen molar-refractivity contribution < 1.29 is 0 Å². The lowest BCUT2D eigenvalue weighted by Gasteiger charge is -2.24. The number of benzene rings is 1. The Morgan fingerprint density at radius 2 is 1.24 bits per heavy atom. The second kappa shape index (κ2) is 7.54. The van der Waals surface area contributed by atoms with E-state index in [2.05, 4.69) is 73.8 Å². The predicted molar refractivity (Wildman–Crippen MR) is 100 cm³/mol. The van der Waals surface area contributed by atoms with Crippen molar-refractivity contribution in [3.8, 4) is 0 Å². The third kappa shape index (κ3) is 4.16. The van der Waals surface area contributed by atoms with E-state index < -0.39 is 0 Å². The third-order valence-electron chi connectivity index (χ3n) is 4.34. The topological polar surface area (TPSA) is 0 Å². The molecule has 1 aromatic rings. The van der Waals surface area contributed by atoms with Crippen LogP contribution in [0.25, 0.3) is 5.57 Å². The van der Waals surface area contributed by atoms with Crippen LogP contribution in [0.1, 0.15) is 95.4 Å². The molecule has 0 unspecified atom stereocenters. The normalized spacial score (nSPS) is 13.3. The van der Waals surface area contributed by atoms with Crippen LogP contribution in [0.3, 0.4) is 0 Å². The summed E-state index contributed by atoms with van der Waals surface area (Å²) >= 11 is 1.86. The molecule has 1 aromatic carbocycles. The molecule has 0 radical (unpaired) electrons. The number of thioether (sulfide) groups is 1. The zero-order valence-electron chi connectivity index (χ0n) is 15.3. The lowest BCUT2D eigenvalue weighted by Crippen LogP contribution is -2.06. The molecule has 0 spiro atoms. The average Bonchev–Trinajstić information content (AvgIpc) is 2.43. The van der Waals surface area contributed by atoms with Crippen molar-refractivity contribution in [2.75, 3.05) is 6.26 Å². The molecule has 0 aliphatic heterocycles. The highest BCUT2D eigenvalue weighted by atomic mass is 32.2. The number of hydrogen-bond acceptors (Lipinski definition) is 1. The van der Waals surface area contributed by atoms with Crippen LogP contribution in [-0.2, 0) is 0 Å². The molecule has 1 heteroatoms. The molecule has 1 rings (SSSR count). The van der Waals surface area contributed by atoms with E-state index in [0.717, 1.165) is 0 Å². The van der Waals surface area contributed by atoms with Crippen LogP contribution in [0.4, 0.5) is 0 Å². The summed E-state index contributed by atoms with van der Waals surface area (Å²) < 4.78 is 0. The van der Waals surface area contributed by atoms with Gasteiger partial charge in [0.25, 0.3) is 0 Å². The maximum atomic E-state index is 2.44. The van der Waals surface area contributed by atoms with Gasteiger partial charge in [0.05, 0.1) is 0 Å². The summed E-state index contributed by atoms with van der Waals surface area (Å²) in [7, 11) is 0. The molecule has 0 amide bonds. The molecule has 0 aliphatic carbocycles. The zero-order chi connectivity index (χ0) is 16.3. The van der Waals surface area contributed by atoms with Crippen LogP contribution in [-0.4, -0.2) is 6.26 Å². The van der Waals surface area contributed by atoms with Crippen molar-refractivity contribution in [2.24, 2.45) is 0 Å². The molecule has 0 heterocycles. The van der Waals surface area contributed by atoms with Gasteiger partial charge in [-0.1, -0.05) is 53.7 Å². The fourth-order valence-corrected chi connectivity index (χ4v) is 3.13. The van der Waals surface area contributed by atoms with E-state index in [1.807, 2.05) is 11.8 Å². The molecule has 0 atom stereocenters. The van der Waals surface area contributed by atoms with Crippen molar-refractivity contribution in [2.45, 2.75) is 73.1 Å². The first-order chi connectivity index (χ1) is 9.70. The zero-order valence-corrected chi connectivity index (χ0v) is 16.1. The standard InChI is InChI=1S/C20H32S/c1-12(2)17-10-18(13(3)4)20(15(7)16(8)21-9)19(11-17)14(5)6/h10-14H,1-9H3/b16-15+. The second-order valence-electron chi connectivity index (χ2n) is 6.92. The first kappa shape index (κ1) is 18.4. The minimum absolute atomic E-state index is 0.556. The molecule has 0 fully saturated rings. The Morgan fingerprint density at radius 1 is 0.810 bits per heavy atom. The van der Waals surface area contributed by atoms with Gasteiger partial charge in [-0.25, -0.2) is 0 Å². The van der Waals surface area contributed by atoms with Crippen LogP contribution >= 0.6 is 11.8 Å². The van der Waals surface area contributed by atoms with Gasteiger partial charge in [0.1, 0.15) is 0 Å². The average molecular weight is 305 g/mol. The molecule has 21 heavy (non-hydrogen) atoms. The molecule has 0 aromatic heterocycles. The van der Waals surface area contributed by atoms with Crippen molar-refractivity contribution >= 4 is 17.3 Å². The Balaban J connectivity index is 3.74. The van der Waals surface area contributed by atoms with E-state index in [1.165, 1.54) is 32.7 Å². The lowest BCUT2D eigenvalue weighted by molar-refractivity contribution is 0.799. The van der Waals surface area contributed by atoms with Crippen LogP contribution < -0.4 is 0 Å². The fourth-order valence-electron chi connectivity index (χ4n) is 2.72. The Labute approximate surface area is 136 Å². The Kier molecular flexibility index (Phi) is 6.59. The summed E-state index contributed by atoms with van der Waals surface area (Å²) in [5.74, 6) is 1.70. The first-order valence-electron chi connectivity index (χ1n) is 8.10. The highest BCUT2D eigenvalue weighted by Crippen LogP contribution is 2.38. The van der Waals surface area contributed by atoms with Crippen molar-refractivity contribution in [1.29, 1.82) is 0 Å². The van der Waals surface area contributed by atoms with E-state index >= 15 is 0 Å². The SMILES string of the molecule is CS/C(C)=C(\C)c1c(C(C)C)cc(C(C)C)cc1C(C)C. The van der Waals surface area contributed by atoms with Gasteiger partial charge in [0.2, 0.25) is 0 Å². The molecule has 0 bridgehead atoms. The van der Waals surface area contributed by atoms with Crippen molar-refractivity contribution in [1.82, 2.24) is 0 Å². The number of rotatable bonds is 5. The van der Waals surface area contributed by atoms with Crippen molar-refractivity contribution in [3.63, 3.8) is 0 Å². The Hall–Kier alpha value is -0.690. The largest absolute Gasteiger partial charge is 0.134 e. The van der Waals surface area contributed by atoms with Gasteiger partial charge >= 0.3 is 0 Å². The maximum Gasteiger partial charge on any atom is -0.0140 e. The van der Waals surface area contributed by atoms with Gasteiger partial charge in [0, 0.05) is 0 Å². The highest BCUT2D eigenvalue weighted by molar-refractivity contribution is 8.02. The Morgan fingerprint density at radius 3 is 1.52 bits per heavy atom. The lowest BCUT2D eigenvalue weighted by atomic mass is 9.82. The van der Waals surface area contributed by atoms with Gasteiger partial charge in [0.15, 0.2) is 0 Å². The fraction of sp³-hybridized carbons (Fsp3) is 0.600. The molecule has 0 saturated heterocycles. The van der Waals surface area contributed by atoms with E-state index in [9.17, 15) is 0 Å². The van der Waals surface area contributed by atoms with E-state index in [0.29, 0.717) is 17.8 Å². The van der Waals surface area contributed by atoms with E-state index in [4.69, 9.17) is 0 Å². The van der Waals surface area contributed by atoms with Gasteiger partial charge in [-0.2, -0.15) is 0 Å². The van der Waals surface area contributed by atoms with Gasteiger partial charge in [-0.3, -0.25) is 0 Å². The summed E-state index contributed by atoms with van der Waals surface area (Å²) in [6, 6.07) is 4.88. The minimum Gasteiger partial charge on any atom is -0.134 e. The Bertz CT molecular complexity index is 490. The summed E-state index contributed by atoms with van der Waals surface area (Å²) in [4.78, 5) is 1.43. The molecule has 118 valence electrons. The molecular formula is C20H32S. The van der Waals surface area contributed by atoms with Crippen LogP contribution in [0.15, 0.2) is 17.0 Å². The highest BCUT2D eigenvalue weighted by Gasteiger charge is 2.19. The summed E-state index contributed by atoms with van der Waals surface area (Å²) in [6.07, 6.45) is 2.17. The second-order valence-corrected chi connectivity index (χ2v) is 7.94. The van der Waals surface area contributed by atoms with Crippen LogP contribution in [0.2, 0.25) is 0 Å².